The van der Waals surface area contributed by atoms with Crippen molar-refractivity contribution in [2.75, 3.05) is 9.44 Å². The summed E-state index contributed by atoms with van der Waals surface area (Å²) in [6.07, 6.45) is 1.41. The SMILES string of the molecule is Cc1ccnc(NS(=O)(=O)c2ccc(NS(=O)(=O)c3ccc(C)c([N+](=O)[O-])c3)cc2)n1. The molecule has 0 amide bonds. The summed E-state index contributed by atoms with van der Waals surface area (Å²) in [6.45, 7) is 3.18. The molecule has 0 saturated heterocycles. The monoisotopic (exact) mass is 463 g/mol. The fraction of sp³-hybridized carbons (Fsp3) is 0.111. The van der Waals surface area contributed by atoms with E-state index < -0.39 is 25.0 Å². The molecule has 0 aliphatic carbocycles. The van der Waals surface area contributed by atoms with Crippen LogP contribution in [-0.2, 0) is 20.0 Å². The Morgan fingerprint density at radius 2 is 1.48 bits per heavy atom. The Kier molecular flexibility index (Phi) is 5.90. The predicted octanol–water partition coefficient (Wildman–Crippen LogP) is 2.60. The van der Waals surface area contributed by atoms with E-state index in [-0.39, 0.29) is 27.1 Å². The number of nitro benzene ring substituents is 1. The van der Waals surface area contributed by atoms with E-state index in [0.717, 1.165) is 6.07 Å². The third kappa shape index (κ3) is 5.13. The first kappa shape index (κ1) is 22.1. The largest absolute Gasteiger partial charge is 0.280 e. The molecule has 11 nitrogen and oxygen atoms in total. The van der Waals surface area contributed by atoms with Crippen LogP contribution in [0.1, 0.15) is 11.3 Å². The predicted molar refractivity (Wildman–Crippen MR) is 113 cm³/mol. The third-order valence-corrected chi connectivity index (χ3v) is 6.85. The van der Waals surface area contributed by atoms with Gasteiger partial charge in [-0.15, -0.1) is 0 Å². The van der Waals surface area contributed by atoms with Crippen LogP contribution in [0.4, 0.5) is 17.3 Å². The lowest BCUT2D eigenvalue weighted by Gasteiger charge is -2.10. The highest BCUT2D eigenvalue weighted by atomic mass is 32.2. The second-order valence-corrected chi connectivity index (χ2v) is 9.83. The average molecular weight is 463 g/mol. The second-order valence-electron chi connectivity index (χ2n) is 6.46. The van der Waals surface area contributed by atoms with E-state index >= 15 is 0 Å². The van der Waals surface area contributed by atoms with E-state index in [1.54, 1.807) is 13.0 Å². The van der Waals surface area contributed by atoms with Gasteiger partial charge in [-0.1, -0.05) is 6.07 Å². The van der Waals surface area contributed by atoms with Crippen molar-refractivity contribution in [3.05, 3.63) is 76.1 Å². The molecule has 3 aromatic rings. The minimum absolute atomic E-state index is 0.0778. The molecule has 2 aromatic carbocycles. The van der Waals surface area contributed by atoms with Crippen LogP contribution in [0, 0.1) is 24.0 Å². The van der Waals surface area contributed by atoms with Crippen LogP contribution >= 0.6 is 0 Å². The molecule has 0 spiro atoms. The number of benzene rings is 2. The molecule has 3 rings (SSSR count). The van der Waals surface area contributed by atoms with Crippen LogP contribution in [0.15, 0.2) is 64.5 Å². The minimum atomic E-state index is -4.13. The molecule has 0 atom stereocenters. The van der Waals surface area contributed by atoms with Crippen molar-refractivity contribution in [1.82, 2.24) is 9.97 Å². The summed E-state index contributed by atoms with van der Waals surface area (Å²) in [4.78, 5) is 17.8. The lowest BCUT2D eigenvalue weighted by Crippen LogP contribution is -2.16. The van der Waals surface area contributed by atoms with Crippen LogP contribution in [0.2, 0.25) is 0 Å². The van der Waals surface area contributed by atoms with Gasteiger partial charge >= 0.3 is 0 Å². The Morgan fingerprint density at radius 3 is 2.10 bits per heavy atom. The highest BCUT2D eigenvalue weighted by Gasteiger charge is 2.21. The summed E-state index contributed by atoms with van der Waals surface area (Å²) in [5.41, 5.74) is 0.653. The summed E-state index contributed by atoms with van der Waals surface area (Å²) in [7, 11) is -8.12. The van der Waals surface area contributed by atoms with Gasteiger partial charge in [0.05, 0.1) is 14.7 Å². The van der Waals surface area contributed by atoms with Crippen molar-refractivity contribution in [2.24, 2.45) is 0 Å². The van der Waals surface area contributed by atoms with Gasteiger partial charge in [0.2, 0.25) is 5.95 Å². The molecule has 0 aliphatic rings. The molecular formula is C18H17N5O6S2. The molecule has 0 aliphatic heterocycles. The first-order valence-electron chi connectivity index (χ1n) is 8.68. The minimum Gasteiger partial charge on any atom is -0.280 e. The van der Waals surface area contributed by atoms with Gasteiger partial charge in [-0.3, -0.25) is 14.8 Å². The summed E-state index contributed by atoms with van der Waals surface area (Å²) >= 11 is 0. The number of nitrogens with zero attached hydrogens (tertiary/aromatic N) is 3. The number of nitrogens with one attached hydrogen (secondary N) is 2. The fourth-order valence-electron chi connectivity index (χ4n) is 2.55. The number of aromatic nitrogens is 2. The maximum atomic E-state index is 12.6. The normalized spacial score (nSPS) is 11.7. The van der Waals surface area contributed by atoms with Crippen molar-refractivity contribution < 1.29 is 21.8 Å². The number of hydrogen-bond acceptors (Lipinski definition) is 8. The number of rotatable bonds is 7. The summed E-state index contributed by atoms with van der Waals surface area (Å²) in [6, 6.07) is 10.1. The Morgan fingerprint density at radius 1 is 0.871 bits per heavy atom. The van der Waals surface area contributed by atoms with E-state index in [4.69, 9.17) is 0 Å². The first-order valence-corrected chi connectivity index (χ1v) is 11.6. The number of sulfonamides is 2. The van der Waals surface area contributed by atoms with E-state index in [0.29, 0.717) is 11.3 Å². The number of anilines is 2. The maximum absolute atomic E-state index is 12.6. The van der Waals surface area contributed by atoms with Crippen molar-refractivity contribution in [3.8, 4) is 0 Å². The molecule has 1 heterocycles. The Balaban J connectivity index is 1.81. The molecule has 31 heavy (non-hydrogen) atoms. The van der Waals surface area contributed by atoms with Crippen LogP contribution in [0.5, 0.6) is 0 Å². The average Bonchev–Trinajstić information content (AvgIpc) is 2.67. The zero-order valence-corrected chi connectivity index (χ0v) is 17.9. The smallest absolute Gasteiger partial charge is 0.273 e. The number of nitro groups is 1. The molecule has 1 aromatic heterocycles. The van der Waals surface area contributed by atoms with Crippen LogP contribution in [0.25, 0.3) is 0 Å². The summed E-state index contributed by atoms with van der Waals surface area (Å²) < 4.78 is 54.6. The van der Waals surface area contributed by atoms with Gasteiger partial charge in [0.1, 0.15) is 0 Å². The Hall–Kier alpha value is -3.58. The van der Waals surface area contributed by atoms with Crippen molar-refractivity contribution >= 4 is 37.4 Å². The van der Waals surface area contributed by atoms with Crippen LogP contribution in [0.3, 0.4) is 0 Å². The third-order valence-electron chi connectivity index (χ3n) is 4.12. The highest BCUT2D eigenvalue weighted by Crippen LogP contribution is 2.24. The molecule has 13 heteroatoms. The van der Waals surface area contributed by atoms with Crippen molar-refractivity contribution in [1.29, 1.82) is 0 Å². The molecule has 2 N–H and O–H groups in total. The molecule has 0 bridgehead atoms. The first-order chi connectivity index (χ1) is 14.5. The van der Waals surface area contributed by atoms with E-state index in [1.807, 2.05) is 0 Å². The molecule has 0 radical (unpaired) electrons. The topological polar surface area (TPSA) is 161 Å². The van der Waals surface area contributed by atoms with Gasteiger partial charge in [-0.05, 0) is 50.2 Å². The Bertz CT molecular complexity index is 1360. The van der Waals surface area contributed by atoms with Gasteiger partial charge in [0.25, 0.3) is 25.7 Å². The van der Waals surface area contributed by atoms with E-state index in [9.17, 15) is 26.9 Å². The van der Waals surface area contributed by atoms with Gasteiger partial charge in [0, 0.05) is 29.2 Å². The van der Waals surface area contributed by atoms with Crippen molar-refractivity contribution in [2.45, 2.75) is 23.6 Å². The van der Waals surface area contributed by atoms with Gasteiger partial charge in [0.15, 0.2) is 0 Å². The van der Waals surface area contributed by atoms with Gasteiger partial charge in [-0.25, -0.2) is 31.5 Å². The lowest BCUT2D eigenvalue weighted by atomic mass is 10.2. The van der Waals surface area contributed by atoms with Gasteiger partial charge in [-0.2, -0.15) is 0 Å². The van der Waals surface area contributed by atoms with E-state index in [2.05, 4.69) is 19.4 Å². The number of aryl methyl sites for hydroxylation is 2. The zero-order valence-electron chi connectivity index (χ0n) is 16.3. The molecule has 0 unspecified atom stereocenters. The second kappa shape index (κ2) is 8.28. The van der Waals surface area contributed by atoms with Crippen LogP contribution in [-0.4, -0.2) is 31.7 Å². The van der Waals surface area contributed by atoms with Gasteiger partial charge < -0.3 is 0 Å². The summed E-state index contributed by atoms with van der Waals surface area (Å²) in [5.74, 6) is -0.0919. The standard InChI is InChI=1S/C18H17N5O6S2/c1-12-3-6-16(11-17(12)23(24)25)31(28,29)21-14-4-7-15(8-5-14)30(26,27)22-18-19-10-9-13(2)20-18/h3-11,21H,1-2H3,(H,19,20,22). The quantitative estimate of drug-likeness (QED) is 0.399. The van der Waals surface area contributed by atoms with Crippen molar-refractivity contribution in [3.63, 3.8) is 0 Å². The highest BCUT2D eigenvalue weighted by molar-refractivity contribution is 7.93. The lowest BCUT2D eigenvalue weighted by molar-refractivity contribution is -0.385. The molecule has 162 valence electrons. The zero-order chi connectivity index (χ0) is 22.8. The number of hydrogen-bond donors (Lipinski definition) is 2. The summed E-state index contributed by atoms with van der Waals surface area (Å²) in [5, 5.41) is 11.1. The fourth-order valence-corrected chi connectivity index (χ4v) is 4.58. The molecular weight excluding hydrogens is 446 g/mol. The maximum Gasteiger partial charge on any atom is 0.273 e. The van der Waals surface area contributed by atoms with E-state index in [1.165, 1.54) is 49.5 Å². The Labute approximate surface area is 178 Å². The van der Waals surface area contributed by atoms with Crippen LogP contribution < -0.4 is 9.44 Å². The molecule has 0 saturated carbocycles. The molecule has 0 fully saturated rings.